The summed E-state index contributed by atoms with van der Waals surface area (Å²) in [4.78, 5) is 35.3. The zero-order chi connectivity index (χ0) is 15.6. The lowest BCUT2D eigenvalue weighted by molar-refractivity contribution is 0.101. The van der Waals surface area contributed by atoms with Crippen LogP contribution in [0.4, 0.5) is 0 Å². The topological polar surface area (TPSA) is 84.9 Å². The predicted octanol–water partition coefficient (Wildman–Crippen LogP) is 0.670. The number of aromatic nitrogens is 2. The zero-order valence-electron chi connectivity index (χ0n) is 11.7. The second-order valence-electron chi connectivity index (χ2n) is 4.68. The van der Waals surface area contributed by atoms with Gasteiger partial charge in [-0.25, -0.2) is 4.79 Å². The van der Waals surface area contributed by atoms with Crippen molar-refractivity contribution in [2.45, 2.75) is 13.5 Å². The molecule has 1 aromatic carbocycles. The van der Waals surface area contributed by atoms with Gasteiger partial charge in [0.1, 0.15) is 0 Å². The van der Waals surface area contributed by atoms with Crippen LogP contribution in [0.1, 0.15) is 28.4 Å². The van der Waals surface area contributed by atoms with Crippen molar-refractivity contribution >= 4 is 5.78 Å². The smallest absolute Gasteiger partial charge is 0.295 e. The predicted molar refractivity (Wildman–Crippen MR) is 76.2 cm³/mol. The van der Waals surface area contributed by atoms with Crippen LogP contribution >= 0.6 is 0 Å². The van der Waals surface area contributed by atoms with Crippen molar-refractivity contribution in [3.8, 4) is 6.07 Å². The van der Waals surface area contributed by atoms with Crippen LogP contribution in [0.25, 0.3) is 0 Å². The molecule has 0 fully saturated rings. The Labute approximate surface area is 120 Å². The molecule has 106 valence electrons. The second-order valence-corrected chi connectivity index (χ2v) is 4.68. The summed E-state index contributed by atoms with van der Waals surface area (Å²) in [6.07, 6.45) is 1.28. The Hall–Kier alpha value is -2.94. The molecule has 2 rings (SSSR count). The molecule has 6 nitrogen and oxygen atoms in total. The number of nitriles is 1. The van der Waals surface area contributed by atoms with Crippen LogP contribution in [-0.2, 0) is 13.6 Å². The van der Waals surface area contributed by atoms with Gasteiger partial charge in [0.15, 0.2) is 5.78 Å². The quantitative estimate of drug-likeness (QED) is 0.775. The standard InChI is InChI=1S/C15H13N3O3/c1-10(19)13-9-18(15(21)17(2)14(13)20)8-12-5-3-11(7-16)4-6-12/h3-6,9H,8H2,1-2H3. The minimum atomic E-state index is -0.594. The molecule has 6 heteroatoms. The molecule has 21 heavy (non-hydrogen) atoms. The molecule has 0 saturated heterocycles. The van der Waals surface area contributed by atoms with E-state index in [0.29, 0.717) is 5.56 Å². The van der Waals surface area contributed by atoms with Gasteiger partial charge in [-0.3, -0.25) is 18.7 Å². The summed E-state index contributed by atoms with van der Waals surface area (Å²) in [5, 5.41) is 8.75. The number of benzene rings is 1. The number of Topliss-reactive ketones (excluding diaryl/α,β-unsaturated/α-hetero) is 1. The van der Waals surface area contributed by atoms with Gasteiger partial charge in [0.05, 0.1) is 23.7 Å². The highest BCUT2D eigenvalue weighted by Crippen LogP contribution is 2.05. The van der Waals surface area contributed by atoms with Crippen LogP contribution in [0.2, 0.25) is 0 Å². The average molecular weight is 283 g/mol. The molecule has 0 bridgehead atoms. The molecule has 0 spiro atoms. The minimum Gasteiger partial charge on any atom is -0.295 e. The average Bonchev–Trinajstić information content (AvgIpc) is 2.48. The van der Waals surface area contributed by atoms with E-state index < -0.39 is 11.2 Å². The lowest BCUT2D eigenvalue weighted by Crippen LogP contribution is -2.40. The Morgan fingerprint density at radius 2 is 1.86 bits per heavy atom. The van der Waals surface area contributed by atoms with Crippen LogP contribution in [0.5, 0.6) is 0 Å². The van der Waals surface area contributed by atoms with Crippen molar-refractivity contribution < 1.29 is 4.79 Å². The van der Waals surface area contributed by atoms with E-state index in [9.17, 15) is 14.4 Å². The third kappa shape index (κ3) is 2.82. The maximum atomic E-state index is 12.1. The number of nitrogens with zero attached hydrogens (tertiary/aromatic N) is 3. The van der Waals surface area contributed by atoms with Gasteiger partial charge in [-0.15, -0.1) is 0 Å². The first-order chi connectivity index (χ1) is 9.93. The molecule has 0 aliphatic rings. The molecule has 0 radical (unpaired) electrons. The zero-order valence-corrected chi connectivity index (χ0v) is 11.7. The summed E-state index contributed by atoms with van der Waals surface area (Å²) in [7, 11) is 1.34. The van der Waals surface area contributed by atoms with Gasteiger partial charge >= 0.3 is 5.69 Å². The van der Waals surface area contributed by atoms with Crippen molar-refractivity contribution in [3.05, 3.63) is 68.0 Å². The molecule has 0 atom stereocenters. The summed E-state index contributed by atoms with van der Waals surface area (Å²) in [5.41, 5.74) is 0.212. The van der Waals surface area contributed by atoms with Gasteiger partial charge in [0.25, 0.3) is 5.56 Å². The van der Waals surface area contributed by atoms with Crippen molar-refractivity contribution in [2.24, 2.45) is 7.05 Å². The Kier molecular flexibility index (Phi) is 3.85. The highest BCUT2D eigenvalue weighted by molar-refractivity contribution is 5.93. The molecule has 0 N–H and O–H groups in total. The molecule has 0 unspecified atom stereocenters. The van der Waals surface area contributed by atoms with E-state index in [1.807, 2.05) is 6.07 Å². The van der Waals surface area contributed by atoms with Gasteiger partial charge in [0, 0.05) is 13.2 Å². The maximum Gasteiger partial charge on any atom is 0.331 e. The summed E-state index contributed by atoms with van der Waals surface area (Å²) in [5.74, 6) is -0.385. The highest BCUT2D eigenvalue weighted by Gasteiger charge is 2.12. The largest absolute Gasteiger partial charge is 0.331 e. The van der Waals surface area contributed by atoms with Crippen molar-refractivity contribution in [3.63, 3.8) is 0 Å². The summed E-state index contributed by atoms with van der Waals surface area (Å²) < 4.78 is 2.22. The summed E-state index contributed by atoms with van der Waals surface area (Å²) >= 11 is 0. The van der Waals surface area contributed by atoms with E-state index in [4.69, 9.17) is 5.26 Å². The van der Waals surface area contributed by atoms with E-state index in [1.165, 1.54) is 24.7 Å². The fraction of sp³-hybridized carbons (Fsp3) is 0.200. The first-order valence-electron chi connectivity index (χ1n) is 6.24. The van der Waals surface area contributed by atoms with Crippen LogP contribution in [0, 0.1) is 11.3 Å². The molecular formula is C15H13N3O3. The lowest BCUT2D eigenvalue weighted by atomic mass is 10.1. The number of carbonyl (C=O) groups excluding carboxylic acids is 1. The SMILES string of the molecule is CC(=O)c1cn(Cc2ccc(C#N)cc2)c(=O)n(C)c1=O. The number of hydrogen-bond acceptors (Lipinski definition) is 4. The van der Waals surface area contributed by atoms with Crippen LogP contribution in [-0.4, -0.2) is 14.9 Å². The molecular weight excluding hydrogens is 270 g/mol. The Balaban J connectivity index is 2.49. The minimum absolute atomic E-state index is 0.0225. The number of hydrogen-bond donors (Lipinski definition) is 0. The van der Waals surface area contributed by atoms with E-state index in [2.05, 4.69) is 0 Å². The number of rotatable bonds is 3. The third-order valence-corrected chi connectivity index (χ3v) is 3.17. The fourth-order valence-corrected chi connectivity index (χ4v) is 1.96. The first-order valence-corrected chi connectivity index (χ1v) is 6.24. The van der Waals surface area contributed by atoms with Gasteiger partial charge in [0.2, 0.25) is 0 Å². The normalized spacial score (nSPS) is 10.1. The van der Waals surface area contributed by atoms with Gasteiger partial charge < -0.3 is 0 Å². The van der Waals surface area contributed by atoms with E-state index in [1.54, 1.807) is 24.3 Å². The van der Waals surface area contributed by atoms with E-state index in [-0.39, 0.29) is 17.9 Å². The van der Waals surface area contributed by atoms with Crippen LogP contribution < -0.4 is 11.2 Å². The van der Waals surface area contributed by atoms with Gasteiger partial charge in [-0.1, -0.05) is 12.1 Å². The highest BCUT2D eigenvalue weighted by atomic mass is 16.2. The van der Waals surface area contributed by atoms with Crippen molar-refractivity contribution in [1.82, 2.24) is 9.13 Å². The number of carbonyl (C=O) groups is 1. The third-order valence-electron chi connectivity index (χ3n) is 3.17. The lowest BCUT2D eigenvalue weighted by Gasteiger charge is -2.09. The first kappa shape index (κ1) is 14.5. The number of ketones is 1. The fourth-order valence-electron chi connectivity index (χ4n) is 1.96. The monoisotopic (exact) mass is 283 g/mol. The molecule has 0 aliphatic heterocycles. The second kappa shape index (κ2) is 5.59. The van der Waals surface area contributed by atoms with E-state index >= 15 is 0 Å². The van der Waals surface area contributed by atoms with Crippen molar-refractivity contribution in [2.75, 3.05) is 0 Å². The Morgan fingerprint density at radius 3 is 2.38 bits per heavy atom. The molecule has 0 amide bonds. The van der Waals surface area contributed by atoms with Gasteiger partial charge in [-0.05, 0) is 24.6 Å². The van der Waals surface area contributed by atoms with Crippen LogP contribution in [0.3, 0.4) is 0 Å². The Morgan fingerprint density at radius 1 is 1.24 bits per heavy atom. The van der Waals surface area contributed by atoms with E-state index in [0.717, 1.165) is 10.1 Å². The Bertz CT molecular complexity index is 852. The molecule has 0 saturated carbocycles. The van der Waals surface area contributed by atoms with Gasteiger partial charge in [-0.2, -0.15) is 5.26 Å². The molecule has 1 aromatic heterocycles. The molecule has 2 aromatic rings. The summed E-state index contributed by atoms with van der Waals surface area (Å²) in [6.45, 7) is 1.51. The van der Waals surface area contributed by atoms with Crippen LogP contribution in [0.15, 0.2) is 40.1 Å². The molecule has 0 aliphatic carbocycles. The van der Waals surface area contributed by atoms with Crippen molar-refractivity contribution in [1.29, 1.82) is 5.26 Å². The summed E-state index contributed by atoms with van der Waals surface area (Å²) in [6, 6.07) is 8.76. The molecule has 1 heterocycles. The maximum absolute atomic E-state index is 12.1.